The Balaban J connectivity index is 0.00000133. The third-order valence-electron chi connectivity index (χ3n) is 6.60. The second-order valence-corrected chi connectivity index (χ2v) is 8.74. The largest absolute Gasteiger partial charge is 0.333 e. The maximum atomic E-state index is 13.4. The summed E-state index contributed by atoms with van der Waals surface area (Å²) in [5.74, 6) is 1.75. The molecule has 3 aromatic rings. The van der Waals surface area contributed by atoms with Crippen LogP contribution in [0.25, 0.3) is 22.5 Å². The Morgan fingerprint density at radius 3 is 2.38 bits per heavy atom. The molecule has 1 aliphatic carbocycles. The van der Waals surface area contributed by atoms with E-state index in [1.165, 1.54) is 7.05 Å². The number of hydrogen-bond donors (Lipinski definition) is 2. The Hall–Kier alpha value is -3.39. The third kappa shape index (κ3) is 4.63. The Kier molecular flexibility index (Phi) is 7.47. The summed E-state index contributed by atoms with van der Waals surface area (Å²) in [6.07, 6.45) is 7.01. The number of nitrogens with zero attached hydrogens (tertiary/aromatic N) is 5. The molecule has 5 rings (SSSR count). The van der Waals surface area contributed by atoms with E-state index in [0.29, 0.717) is 12.4 Å². The average molecular weight is 460 g/mol. The Labute approximate surface area is 200 Å². The van der Waals surface area contributed by atoms with E-state index in [9.17, 15) is 4.79 Å². The summed E-state index contributed by atoms with van der Waals surface area (Å²) in [6.45, 7) is 2.76. The van der Waals surface area contributed by atoms with Gasteiger partial charge < -0.3 is 5.73 Å². The van der Waals surface area contributed by atoms with Crippen LogP contribution in [-0.2, 0) is 11.3 Å². The first-order valence-corrected chi connectivity index (χ1v) is 12.1. The van der Waals surface area contributed by atoms with Crippen molar-refractivity contribution in [1.29, 1.82) is 0 Å². The van der Waals surface area contributed by atoms with Gasteiger partial charge in [0.15, 0.2) is 0 Å². The van der Waals surface area contributed by atoms with E-state index >= 15 is 0 Å². The van der Waals surface area contributed by atoms with E-state index < -0.39 is 5.54 Å². The molecule has 1 fully saturated rings. The molecule has 1 aliphatic heterocycles. The monoisotopic (exact) mass is 459 g/mol. The van der Waals surface area contributed by atoms with Gasteiger partial charge in [-0.3, -0.25) is 14.7 Å². The highest BCUT2D eigenvalue weighted by molar-refractivity contribution is 6.08. The lowest BCUT2D eigenvalue weighted by molar-refractivity contribution is -0.131. The number of amidine groups is 1. The van der Waals surface area contributed by atoms with Crippen molar-refractivity contribution in [2.75, 3.05) is 7.05 Å². The first kappa shape index (κ1) is 23.8. The second-order valence-electron chi connectivity index (χ2n) is 8.74. The molecule has 34 heavy (non-hydrogen) atoms. The molecule has 2 aliphatic rings. The Morgan fingerprint density at radius 2 is 1.74 bits per heavy atom. The minimum atomic E-state index is -0.480. The predicted molar refractivity (Wildman–Crippen MR) is 134 cm³/mol. The highest BCUT2D eigenvalue weighted by Gasteiger charge is 2.49. The van der Waals surface area contributed by atoms with Gasteiger partial charge in [0, 0.05) is 12.0 Å². The fourth-order valence-corrected chi connectivity index (χ4v) is 4.88. The topological polar surface area (TPSA) is 113 Å². The summed E-state index contributed by atoms with van der Waals surface area (Å²) >= 11 is 0. The highest BCUT2D eigenvalue weighted by Crippen LogP contribution is 2.40. The van der Waals surface area contributed by atoms with Gasteiger partial charge >= 0.3 is 0 Å². The maximum Gasteiger partial charge on any atom is 0.256 e. The number of carbonyl (C=O) groups excluding carboxylic acids is 1. The molecule has 1 aromatic heterocycles. The summed E-state index contributed by atoms with van der Waals surface area (Å²) in [4.78, 5) is 20.3. The molecule has 8 heteroatoms. The fraction of sp³-hybridized carbons (Fsp3) is 0.423. The summed E-state index contributed by atoms with van der Waals surface area (Å²) in [6, 6.07) is 16.4. The Morgan fingerprint density at radius 1 is 1.03 bits per heavy atom. The van der Waals surface area contributed by atoms with Gasteiger partial charge in [0.1, 0.15) is 11.4 Å². The number of H-pyrrole nitrogens is 1. The summed E-state index contributed by atoms with van der Waals surface area (Å²) < 4.78 is 0. The standard InChI is InChI=1S/C25H28N6O.CH5N/c1-2-3-10-22-26-25(15-6-7-16-25)24(32)31(22)17-18-11-13-19(14-12-18)20-8-4-5-9-21(20)23-27-29-30-28-23;1-2/h4-5,8-9,11-14H,2-3,6-7,10,15-17H2,1H3,(H,27,28,29,30);2H2,1H3. The van der Waals surface area contributed by atoms with Crippen LogP contribution in [0.5, 0.6) is 0 Å². The number of nitrogens with two attached hydrogens (primary N) is 1. The van der Waals surface area contributed by atoms with Crippen molar-refractivity contribution < 1.29 is 4.79 Å². The van der Waals surface area contributed by atoms with E-state index in [1.54, 1.807) is 0 Å². The molecule has 0 radical (unpaired) electrons. The molecule has 178 valence electrons. The maximum absolute atomic E-state index is 13.4. The first-order valence-electron chi connectivity index (χ1n) is 12.1. The Bertz CT molecular complexity index is 1120. The van der Waals surface area contributed by atoms with Crippen molar-refractivity contribution in [2.24, 2.45) is 10.7 Å². The summed E-state index contributed by atoms with van der Waals surface area (Å²) in [7, 11) is 1.50. The average Bonchev–Trinajstić information content (AvgIpc) is 3.64. The molecule has 0 saturated heterocycles. The highest BCUT2D eigenvalue weighted by atomic mass is 16.2. The number of rotatable bonds is 7. The fourth-order valence-electron chi connectivity index (χ4n) is 4.88. The van der Waals surface area contributed by atoms with Gasteiger partial charge in [-0.2, -0.15) is 5.21 Å². The molecular formula is C26H33N7O. The zero-order valence-corrected chi connectivity index (χ0v) is 20.0. The van der Waals surface area contributed by atoms with E-state index in [0.717, 1.165) is 73.0 Å². The lowest BCUT2D eigenvalue weighted by Crippen LogP contribution is -2.40. The van der Waals surface area contributed by atoms with Gasteiger partial charge in [-0.1, -0.05) is 74.7 Å². The molecule has 1 amide bonds. The van der Waals surface area contributed by atoms with E-state index in [1.807, 2.05) is 23.1 Å². The van der Waals surface area contributed by atoms with Crippen molar-refractivity contribution >= 4 is 11.7 Å². The van der Waals surface area contributed by atoms with Crippen LogP contribution < -0.4 is 5.73 Å². The zero-order valence-electron chi connectivity index (χ0n) is 20.0. The van der Waals surface area contributed by atoms with Crippen LogP contribution in [0.15, 0.2) is 53.5 Å². The van der Waals surface area contributed by atoms with Crippen molar-refractivity contribution in [3.63, 3.8) is 0 Å². The molecular weight excluding hydrogens is 426 g/mol. The molecule has 0 atom stereocenters. The quantitative estimate of drug-likeness (QED) is 0.545. The van der Waals surface area contributed by atoms with Crippen molar-refractivity contribution in [1.82, 2.24) is 25.5 Å². The predicted octanol–water partition coefficient (Wildman–Crippen LogP) is 4.35. The number of aliphatic imine (C=N–C) groups is 1. The molecule has 2 heterocycles. The smallest absolute Gasteiger partial charge is 0.256 e. The van der Waals surface area contributed by atoms with Gasteiger partial charge in [-0.25, -0.2) is 0 Å². The number of aromatic amines is 1. The number of amides is 1. The van der Waals surface area contributed by atoms with E-state index in [4.69, 9.17) is 4.99 Å². The van der Waals surface area contributed by atoms with Gasteiger partial charge in [-0.15, -0.1) is 10.2 Å². The van der Waals surface area contributed by atoms with E-state index in [-0.39, 0.29) is 5.91 Å². The number of tetrazole rings is 1. The molecule has 8 nitrogen and oxygen atoms in total. The third-order valence-corrected chi connectivity index (χ3v) is 6.60. The van der Waals surface area contributed by atoms with Gasteiger partial charge in [0.2, 0.25) is 5.82 Å². The lowest BCUT2D eigenvalue weighted by Gasteiger charge is -2.23. The van der Waals surface area contributed by atoms with Crippen LogP contribution in [0.1, 0.15) is 57.4 Å². The van der Waals surface area contributed by atoms with Gasteiger partial charge in [0.05, 0.1) is 6.54 Å². The molecule has 1 spiro atoms. The normalized spacial score (nSPS) is 16.5. The number of benzene rings is 2. The van der Waals surface area contributed by atoms with Crippen LogP contribution in [0.2, 0.25) is 0 Å². The van der Waals surface area contributed by atoms with Crippen molar-refractivity contribution in [3.05, 3.63) is 54.1 Å². The number of hydrogen-bond acceptors (Lipinski definition) is 6. The van der Waals surface area contributed by atoms with Crippen LogP contribution in [0, 0.1) is 0 Å². The van der Waals surface area contributed by atoms with Crippen molar-refractivity contribution in [3.8, 4) is 22.5 Å². The number of aromatic nitrogens is 4. The molecule has 3 N–H and O–H groups in total. The van der Waals surface area contributed by atoms with Crippen molar-refractivity contribution in [2.45, 2.75) is 64.0 Å². The number of nitrogens with one attached hydrogen (secondary N) is 1. The number of unbranched alkanes of at least 4 members (excludes halogenated alkanes) is 1. The molecule has 1 saturated carbocycles. The summed E-state index contributed by atoms with van der Waals surface area (Å²) in [5.41, 5.74) is 8.19. The molecule has 0 bridgehead atoms. The summed E-state index contributed by atoms with van der Waals surface area (Å²) in [5, 5.41) is 14.5. The number of carbonyl (C=O) groups is 1. The SMILES string of the molecule is CCCCC1=NC2(CCCC2)C(=O)N1Cc1ccc(-c2ccccc2-c2nn[nH]n2)cc1.CN. The van der Waals surface area contributed by atoms with Crippen LogP contribution in [-0.4, -0.2) is 49.9 Å². The first-order chi connectivity index (χ1) is 16.7. The lowest BCUT2D eigenvalue weighted by atomic mass is 9.97. The van der Waals surface area contributed by atoms with E-state index in [2.05, 4.69) is 63.6 Å². The van der Waals surface area contributed by atoms with Crippen LogP contribution in [0.4, 0.5) is 0 Å². The van der Waals surface area contributed by atoms with Crippen LogP contribution >= 0.6 is 0 Å². The van der Waals surface area contributed by atoms with Gasteiger partial charge in [-0.05, 0) is 48.2 Å². The van der Waals surface area contributed by atoms with Gasteiger partial charge in [0.25, 0.3) is 5.91 Å². The minimum absolute atomic E-state index is 0.202. The molecule has 0 unspecified atom stereocenters. The minimum Gasteiger partial charge on any atom is -0.333 e. The molecule has 2 aromatic carbocycles. The zero-order chi connectivity index (χ0) is 24.0. The second kappa shape index (κ2) is 10.7. The van der Waals surface area contributed by atoms with Crippen LogP contribution in [0.3, 0.4) is 0 Å².